The van der Waals surface area contributed by atoms with Crippen molar-refractivity contribution in [3.63, 3.8) is 0 Å². The van der Waals surface area contributed by atoms with Crippen molar-refractivity contribution >= 4 is 28.4 Å². The second-order valence-corrected chi connectivity index (χ2v) is 8.31. The van der Waals surface area contributed by atoms with Gasteiger partial charge >= 0.3 is 0 Å². The van der Waals surface area contributed by atoms with Crippen molar-refractivity contribution in [1.82, 2.24) is 19.2 Å². The Morgan fingerprint density at radius 2 is 1.81 bits per heavy atom. The van der Waals surface area contributed by atoms with Gasteiger partial charge in [0.15, 0.2) is 5.16 Å². The topological polar surface area (TPSA) is 61.4 Å². The second kappa shape index (κ2) is 8.12. The molecule has 0 aliphatic carbocycles. The zero-order chi connectivity index (χ0) is 22.2. The molecule has 0 fully saturated rings. The monoisotopic (exact) mass is 446 g/mol. The van der Waals surface area contributed by atoms with Gasteiger partial charge in [0.1, 0.15) is 11.6 Å². The normalized spacial score (nSPS) is 11.3. The van der Waals surface area contributed by atoms with Gasteiger partial charge in [-0.3, -0.25) is 9.20 Å². The van der Waals surface area contributed by atoms with Crippen LogP contribution in [0.3, 0.4) is 0 Å². The molecule has 160 valence electrons. The number of aromatic nitrogens is 4. The molecule has 8 heteroatoms. The van der Waals surface area contributed by atoms with Crippen LogP contribution in [0.15, 0.2) is 76.7 Å². The summed E-state index contributed by atoms with van der Waals surface area (Å²) in [4.78, 5) is 13.5. The van der Waals surface area contributed by atoms with Gasteiger partial charge in [-0.2, -0.15) is 0 Å². The number of hydrogen-bond donors (Lipinski definition) is 0. The van der Waals surface area contributed by atoms with Crippen LogP contribution < -0.4 is 10.3 Å². The maximum atomic E-state index is 13.5. The molecule has 6 nitrogen and oxygen atoms in total. The number of hydrogen-bond acceptors (Lipinski definition) is 5. The average Bonchev–Trinajstić information content (AvgIpc) is 3.23. The third-order valence-corrected chi connectivity index (χ3v) is 6.25. The van der Waals surface area contributed by atoms with Gasteiger partial charge in [0.2, 0.25) is 5.78 Å². The quantitative estimate of drug-likeness (QED) is 0.364. The number of nitrogens with zero attached hydrogens (tertiary/aromatic N) is 4. The Bertz CT molecular complexity index is 1510. The van der Waals surface area contributed by atoms with E-state index in [2.05, 4.69) is 10.2 Å². The fourth-order valence-corrected chi connectivity index (χ4v) is 4.59. The summed E-state index contributed by atoms with van der Waals surface area (Å²) in [6.07, 6.45) is 0. The molecule has 0 saturated heterocycles. The van der Waals surface area contributed by atoms with Crippen molar-refractivity contribution in [3.05, 3.63) is 94.0 Å². The highest BCUT2D eigenvalue weighted by atomic mass is 32.2. The Labute approximate surface area is 187 Å². The minimum Gasteiger partial charge on any atom is -0.495 e. The number of halogens is 1. The molecule has 2 aromatic heterocycles. The van der Waals surface area contributed by atoms with Crippen LogP contribution in [0.4, 0.5) is 4.39 Å². The standard InChI is InChI=1S/C24H19FN4O2S/c1-15-7-12-21(31-2)20(13-15)28-22(30)18-5-3-4-6-19(18)29-23(28)26-27-24(29)32-14-16-8-10-17(25)11-9-16/h3-13H,14H2,1-2H3. The van der Waals surface area contributed by atoms with Gasteiger partial charge in [-0.05, 0) is 54.4 Å². The summed E-state index contributed by atoms with van der Waals surface area (Å²) >= 11 is 1.47. The SMILES string of the molecule is COc1ccc(C)cc1-n1c(=O)c2ccccc2n2c(SCc3ccc(F)cc3)nnc12. The first kappa shape index (κ1) is 20.3. The molecule has 0 bridgehead atoms. The van der Waals surface area contributed by atoms with E-state index in [9.17, 15) is 9.18 Å². The highest BCUT2D eigenvalue weighted by Gasteiger charge is 2.20. The Kier molecular flexibility index (Phi) is 5.14. The molecule has 0 aliphatic heterocycles. The van der Waals surface area contributed by atoms with E-state index in [0.717, 1.165) is 16.6 Å². The molecule has 3 aromatic carbocycles. The summed E-state index contributed by atoms with van der Waals surface area (Å²) in [6, 6.07) is 19.4. The molecular weight excluding hydrogens is 427 g/mol. The number of methoxy groups -OCH3 is 1. The molecule has 2 heterocycles. The number of rotatable bonds is 5. The van der Waals surface area contributed by atoms with Crippen molar-refractivity contribution in [2.24, 2.45) is 0 Å². The lowest BCUT2D eigenvalue weighted by atomic mass is 10.2. The summed E-state index contributed by atoms with van der Waals surface area (Å²) in [5.41, 5.74) is 3.09. The minimum atomic E-state index is -0.270. The number of fused-ring (bicyclic) bond motifs is 3. The van der Waals surface area contributed by atoms with Crippen LogP contribution in [0, 0.1) is 12.7 Å². The zero-order valence-electron chi connectivity index (χ0n) is 17.4. The van der Waals surface area contributed by atoms with E-state index in [1.807, 2.05) is 47.7 Å². The number of aryl methyl sites for hydroxylation is 1. The third-order valence-electron chi connectivity index (χ3n) is 5.25. The van der Waals surface area contributed by atoms with Crippen molar-refractivity contribution < 1.29 is 9.13 Å². The molecular formula is C24H19FN4O2S. The number of ether oxygens (including phenoxy) is 1. The van der Waals surface area contributed by atoms with Crippen molar-refractivity contribution in [2.75, 3.05) is 7.11 Å². The first-order chi connectivity index (χ1) is 15.6. The van der Waals surface area contributed by atoms with E-state index in [1.165, 1.54) is 23.9 Å². The van der Waals surface area contributed by atoms with E-state index in [-0.39, 0.29) is 11.4 Å². The first-order valence-electron chi connectivity index (χ1n) is 9.98. The van der Waals surface area contributed by atoms with E-state index in [1.54, 1.807) is 29.9 Å². The van der Waals surface area contributed by atoms with E-state index in [0.29, 0.717) is 33.5 Å². The lowest BCUT2D eigenvalue weighted by Crippen LogP contribution is -2.22. The molecule has 0 radical (unpaired) electrons. The maximum absolute atomic E-state index is 13.5. The third kappa shape index (κ3) is 3.42. The van der Waals surface area contributed by atoms with Gasteiger partial charge in [0, 0.05) is 5.75 Å². The molecule has 0 atom stereocenters. The van der Waals surface area contributed by atoms with Gasteiger partial charge in [-0.1, -0.05) is 42.1 Å². The predicted molar refractivity (Wildman–Crippen MR) is 123 cm³/mol. The molecule has 32 heavy (non-hydrogen) atoms. The van der Waals surface area contributed by atoms with Crippen LogP contribution in [0.2, 0.25) is 0 Å². The lowest BCUT2D eigenvalue weighted by molar-refractivity contribution is 0.412. The van der Waals surface area contributed by atoms with Gasteiger partial charge in [-0.25, -0.2) is 8.96 Å². The van der Waals surface area contributed by atoms with Crippen LogP contribution in [0.5, 0.6) is 5.75 Å². The van der Waals surface area contributed by atoms with Crippen LogP contribution in [0.1, 0.15) is 11.1 Å². The largest absolute Gasteiger partial charge is 0.495 e. The Hall–Kier alpha value is -3.65. The zero-order valence-corrected chi connectivity index (χ0v) is 18.3. The molecule has 0 N–H and O–H groups in total. The van der Waals surface area contributed by atoms with Gasteiger partial charge in [0.05, 0.1) is 23.7 Å². The predicted octanol–water partition coefficient (Wildman–Crippen LogP) is 4.78. The summed E-state index contributed by atoms with van der Waals surface area (Å²) in [5.74, 6) is 1.29. The second-order valence-electron chi connectivity index (χ2n) is 7.37. The summed E-state index contributed by atoms with van der Waals surface area (Å²) in [7, 11) is 1.57. The van der Waals surface area contributed by atoms with Crippen molar-refractivity contribution in [1.29, 1.82) is 0 Å². The van der Waals surface area contributed by atoms with Crippen molar-refractivity contribution in [3.8, 4) is 11.4 Å². The molecule has 5 rings (SSSR count). The van der Waals surface area contributed by atoms with E-state index < -0.39 is 0 Å². The number of para-hydroxylation sites is 1. The number of benzene rings is 3. The minimum absolute atomic E-state index is 0.195. The number of thioether (sulfide) groups is 1. The Balaban J connectivity index is 1.74. The smallest absolute Gasteiger partial charge is 0.267 e. The van der Waals surface area contributed by atoms with E-state index in [4.69, 9.17) is 4.74 Å². The van der Waals surface area contributed by atoms with Crippen LogP contribution in [-0.4, -0.2) is 26.3 Å². The summed E-state index contributed by atoms with van der Waals surface area (Å²) in [5, 5.41) is 9.95. The molecule has 0 saturated carbocycles. The van der Waals surface area contributed by atoms with Crippen LogP contribution in [0.25, 0.3) is 22.4 Å². The summed E-state index contributed by atoms with van der Waals surface area (Å²) < 4.78 is 22.2. The molecule has 0 spiro atoms. The van der Waals surface area contributed by atoms with Crippen molar-refractivity contribution in [2.45, 2.75) is 17.8 Å². The first-order valence-corrected chi connectivity index (χ1v) is 11.0. The summed E-state index contributed by atoms with van der Waals surface area (Å²) in [6.45, 7) is 1.96. The van der Waals surface area contributed by atoms with Crippen LogP contribution >= 0.6 is 11.8 Å². The Morgan fingerprint density at radius 3 is 2.59 bits per heavy atom. The maximum Gasteiger partial charge on any atom is 0.267 e. The van der Waals surface area contributed by atoms with Crippen LogP contribution in [-0.2, 0) is 5.75 Å². The Morgan fingerprint density at radius 1 is 1.03 bits per heavy atom. The van der Waals surface area contributed by atoms with Gasteiger partial charge in [0.25, 0.3) is 5.56 Å². The average molecular weight is 447 g/mol. The van der Waals surface area contributed by atoms with E-state index >= 15 is 0 Å². The fraction of sp³-hybridized carbons (Fsp3) is 0.125. The molecule has 0 aliphatic rings. The fourth-order valence-electron chi connectivity index (χ4n) is 3.69. The van der Waals surface area contributed by atoms with Gasteiger partial charge in [-0.15, -0.1) is 10.2 Å². The molecule has 5 aromatic rings. The molecule has 0 unspecified atom stereocenters. The van der Waals surface area contributed by atoms with Gasteiger partial charge < -0.3 is 4.74 Å². The lowest BCUT2D eigenvalue weighted by Gasteiger charge is -2.14. The molecule has 0 amide bonds. The highest BCUT2D eigenvalue weighted by molar-refractivity contribution is 7.98. The highest BCUT2D eigenvalue weighted by Crippen LogP contribution is 2.29.